The van der Waals surface area contributed by atoms with E-state index in [2.05, 4.69) is 14.8 Å². The predicted molar refractivity (Wildman–Crippen MR) is 76.6 cm³/mol. The number of hydrogen-bond donors (Lipinski definition) is 1. The van der Waals surface area contributed by atoms with Crippen LogP contribution >= 0.6 is 0 Å². The third kappa shape index (κ3) is 2.58. The second-order valence-corrected chi connectivity index (χ2v) is 5.94. The molecule has 1 aliphatic carbocycles. The van der Waals surface area contributed by atoms with E-state index in [1.54, 1.807) is 0 Å². The fourth-order valence-electron chi connectivity index (χ4n) is 3.35. The van der Waals surface area contributed by atoms with Gasteiger partial charge in [0.2, 0.25) is 0 Å². The average molecular weight is 279 g/mol. The van der Waals surface area contributed by atoms with Crippen molar-refractivity contribution >= 4 is 5.97 Å². The summed E-state index contributed by atoms with van der Waals surface area (Å²) in [5, 5.41) is 18.1. The molecule has 1 N–H and O–H groups in total. The fraction of sp³-hybridized carbons (Fsp3) is 0.800. The monoisotopic (exact) mass is 279 g/mol. The first-order valence-corrected chi connectivity index (χ1v) is 7.68. The van der Waals surface area contributed by atoms with Gasteiger partial charge in [-0.1, -0.05) is 26.7 Å². The highest BCUT2D eigenvalue weighted by Crippen LogP contribution is 2.35. The van der Waals surface area contributed by atoms with Gasteiger partial charge in [0, 0.05) is 12.5 Å². The molecule has 0 radical (unpaired) electrons. The van der Waals surface area contributed by atoms with E-state index in [0.29, 0.717) is 25.3 Å². The van der Waals surface area contributed by atoms with Crippen molar-refractivity contribution in [3.05, 3.63) is 11.6 Å². The third-order valence-corrected chi connectivity index (χ3v) is 4.93. The first-order chi connectivity index (χ1) is 9.54. The highest BCUT2D eigenvalue weighted by atomic mass is 16.4. The maximum absolute atomic E-state index is 11.7. The van der Waals surface area contributed by atoms with Crippen LogP contribution in [0.2, 0.25) is 0 Å². The molecular formula is C15H25N3O2. The van der Waals surface area contributed by atoms with Gasteiger partial charge in [0.15, 0.2) is 0 Å². The molecule has 1 heterocycles. The standard InChI is InChI=1S/C15H25N3O2/c1-4-15(5-2,14(19)20)10-13-17-16-11(3)18(13)12-8-6-7-9-12/h12H,4-10H2,1-3H3,(H,19,20). The van der Waals surface area contributed by atoms with E-state index in [0.717, 1.165) is 24.5 Å². The maximum atomic E-state index is 11.7. The molecule has 0 atom stereocenters. The van der Waals surface area contributed by atoms with E-state index < -0.39 is 11.4 Å². The Kier molecular flexibility index (Phi) is 4.45. The van der Waals surface area contributed by atoms with Crippen LogP contribution in [0, 0.1) is 12.3 Å². The van der Waals surface area contributed by atoms with Crippen LogP contribution in [0.25, 0.3) is 0 Å². The van der Waals surface area contributed by atoms with Crippen LogP contribution in [0.15, 0.2) is 0 Å². The molecule has 1 fully saturated rings. The van der Waals surface area contributed by atoms with E-state index in [4.69, 9.17) is 0 Å². The first kappa shape index (κ1) is 15.0. The van der Waals surface area contributed by atoms with Gasteiger partial charge in [-0.3, -0.25) is 4.79 Å². The van der Waals surface area contributed by atoms with Gasteiger partial charge in [0.25, 0.3) is 0 Å². The summed E-state index contributed by atoms with van der Waals surface area (Å²) >= 11 is 0. The number of carboxylic acid groups (broad SMARTS) is 1. The molecule has 5 heteroatoms. The van der Waals surface area contributed by atoms with Gasteiger partial charge < -0.3 is 9.67 Å². The lowest BCUT2D eigenvalue weighted by molar-refractivity contribution is -0.149. The molecule has 112 valence electrons. The number of carboxylic acids is 1. The van der Waals surface area contributed by atoms with Crippen molar-refractivity contribution < 1.29 is 9.90 Å². The van der Waals surface area contributed by atoms with Gasteiger partial charge in [0.05, 0.1) is 5.41 Å². The van der Waals surface area contributed by atoms with Crippen LogP contribution in [0.3, 0.4) is 0 Å². The summed E-state index contributed by atoms with van der Waals surface area (Å²) in [5.41, 5.74) is -0.712. The molecular weight excluding hydrogens is 254 g/mol. The van der Waals surface area contributed by atoms with Crippen molar-refractivity contribution in [1.82, 2.24) is 14.8 Å². The number of aromatic nitrogens is 3. The number of nitrogens with zero attached hydrogens (tertiary/aromatic N) is 3. The second kappa shape index (κ2) is 5.94. The van der Waals surface area contributed by atoms with Gasteiger partial charge in [-0.05, 0) is 32.6 Å². The van der Waals surface area contributed by atoms with E-state index in [9.17, 15) is 9.90 Å². The molecule has 5 nitrogen and oxygen atoms in total. The van der Waals surface area contributed by atoms with Crippen LogP contribution in [-0.4, -0.2) is 25.8 Å². The minimum absolute atomic E-state index is 0.459. The maximum Gasteiger partial charge on any atom is 0.310 e. The minimum atomic E-state index is -0.721. The average Bonchev–Trinajstić information content (AvgIpc) is 3.05. The molecule has 1 aromatic rings. The number of rotatable bonds is 6. The molecule has 0 aromatic carbocycles. The Labute approximate surface area is 120 Å². The van der Waals surface area contributed by atoms with Gasteiger partial charge >= 0.3 is 5.97 Å². The van der Waals surface area contributed by atoms with Crippen molar-refractivity contribution in [2.24, 2.45) is 5.41 Å². The van der Waals surface area contributed by atoms with Crippen molar-refractivity contribution in [2.45, 2.75) is 71.8 Å². The summed E-state index contributed by atoms with van der Waals surface area (Å²) in [5.74, 6) is 1.04. The molecule has 0 saturated heterocycles. The second-order valence-electron chi connectivity index (χ2n) is 5.94. The summed E-state index contributed by atoms with van der Waals surface area (Å²) in [4.78, 5) is 11.7. The fourth-order valence-corrected chi connectivity index (χ4v) is 3.35. The summed E-state index contributed by atoms with van der Waals surface area (Å²) < 4.78 is 2.19. The van der Waals surface area contributed by atoms with Gasteiger partial charge in [-0.15, -0.1) is 10.2 Å². The Balaban J connectivity index is 2.31. The largest absolute Gasteiger partial charge is 0.481 e. The van der Waals surface area contributed by atoms with Crippen LogP contribution < -0.4 is 0 Å². The minimum Gasteiger partial charge on any atom is -0.481 e. The molecule has 0 unspecified atom stereocenters. The van der Waals surface area contributed by atoms with Crippen LogP contribution in [0.5, 0.6) is 0 Å². The SMILES string of the molecule is CCC(CC)(Cc1nnc(C)n1C1CCCC1)C(=O)O. The lowest BCUT2D eigenvalue weighted by Crippen LogP contribution is -2.33. The molecule has 1 saturated carbocycles. The summed E-state index contributed by atoms with van der Waals surface area (Å²) in [7, 11) is 0. The quantitative estimate of drug-likeness (QED) is 0.868. The molecule has 2 rings (SSSR count). The zero-order valence-electron chi connectivity index (χ0n) is 12.7. The van der Waals surface area contributed by atoms with Gasteiger partial charge in [-0.25, -0.2) is 0 Å². The predicted octanol–water partition coefficient (Wildman–Crippen LogP) is 3.14. The molecule has 0 bridgehead atoms. The zero-order valence-corrected chi connectivity index (χ0v) is 12.7. The van der Waals surface area contributed by atoms with E-state index >= 15 is 0 Å². The molecule has 1 aliphatic rings. The summed E-state index contributed by atoms with van der Waals surface area (Å²) in [6.07, 6.45) is 6.52. The zero-order chi connectivity index (χ0) is 14.8. The van der Waals surface area contributed by atoms with Crippen molar-refractivity contribution in [3.8, 4) is 0 Å². The van der Waals surface area contributed by atoms with Gasteiger partial charge in [0.1, 0.15) is 11.6 Å². The molecule has 0 aliphatic heterocycles. The van der Waals surface area contributed by atoms with Crippen LogP contribution in [0.1, 0.15) is 70.1 Å². The lowest BCUT2D eigenvalue weighted by atomic mass is 9.79. The molecule has 20 heavy (non-hydrogen) atoms. The normalized spacial score (nSPS) is 16.8. The van der Waals surface area contributed by atoms with Crippen LogP contribution in [-0.2, 0) is 11.2 Å². The molecule has 1 aromatic heterocycles. The molecule has 0 spiro atoms. The smallest absolute Gasteiger partial charge is 0.310 e. The molecule has 0 amide bonds. The van der Waals surface area contributed by atoms with E-state index in [1.807, 2.05) is 20.8 Å². The number of hydrogen-bond acceptors (Lipinski definition) is 3. The number of aliphatic carboxylic acids is 1. The first-order valence-electron chi connectivity index (χ1n) is 7.68. The Morgan fingerprint density at radius 2 is 1.90 bits per heavy atom. The lowest BCUT2D eigenvalue weighted by Gasteiger charge is -2.27. The Bertz CT molecular complexity index is 471. The van der Waals surface area contributed by atoms with Crippen LogP contribution in [0.4, 0.5) is 0 Å². The van der Waals surface area contributed by atoms with E-state index in [-0.39, 0.29) is 0 Å². The Morgan fingerprint density at radius 3 is 2.40 bits per heavy atom. The highest BCUT2D eigenvalue weighted by Gasteiger charge is 2.37. The van der Waals surface area contributed by atoms with Gasteiger partial charge in [-0.2, -0.15) is 0 Å². The Hall–Kier alpha value is -1.39. The van der Waals surface area contributed by atoms with Crippen molar-refractivity contribution in [1.29, 1.82) is 0 Å². The highest BCUT2D eigenvalue weighted by molar-refractivity contribution is 5.74. The number of carbonyl (C=O) groups is 1. The number of aryl methyl sites for hydroxylation is 1. The summed E-state index contributed by atoms with van der Waals surface area (Å²) in [6, 6.07) is 0.459. The Morgan fingerprint density at radius 1 is 1.30 bits per heavy atom. The summed E-state index contributed by atoms with van der Waals surface area (Å²) in [6.45, 7) is 5.86. The third-order valence-electron chi connectivity index (χ3n) is 4.93. The van der Waals surface area contributed by atoms with Crippen molar-refractivity contribution in [3.63, 3.8) is 0 Å². The topological polar surface area (TPSA) is 68.0 Å². The van der Waals surface area contributed by atoms with Crippen molar-refractivity contribution in [2.75, 3.05) is 0 Å². The van der Waals surface area contributed by atoms with E-state index in [1.165, 1.54) is 12.8 Å².